The monoisotopic (exact) mass is 493 g/mol. The van der Waals surface area contributed by atoms with Gasteiger partial charge in [-0.25, -0.2) is 13.2 Å². The number of hydrogen-bond acceptors (Lipinski definition) is 6. The van der Waals surface area contributed by atoms with Crippen LogP contribution < -0.4 is 9.46 Å². The van der Waals surface area contributed by atoms with E-state index in [-0.39, 0.29) is 31.7 Å². The summed E-state index contributed by atoms with van der Waals surface area (Å²) in [6.07, 6.45) is 0.102. The van der Waals surface area contributed by atoms with Gasteiger partial charge < -0.3 is 19.3 Å². The summed E-state index contributed by atoms with van der Waals surface area (Å²) in [5.41, 5.74) is -0.543. The maximum absolute atomic E-state index is 12.8. The van der Waals surface area contributed by atoms with Crippen LogP contribution in [-0.4, -0.2) is 69.4 Å². The minimum atomic E-state index is -5.07. The Balaban J connectivity index is 1.55. The summed E-state index contributed by atoms with van der Waals surface area (Å²) in [6.45, 7) is 1.18. The lowest BCUT2D eigenvalue weighted by molar-refractivity contribution is -0.274. The third-order valence-corrected chi connectivity index (χ3v) is 6.14. The molecule has 184 valence electrons. The van der Waals surface area contributed by atoms with Gasteiger partial charge in [0.1, 0.15) is 0 Å². The number of carbonyl (C=O) groups is 2. The summed E-state index contributed by atoms with van der Waals surface area (Å²) in [5, 5.41) is 0. The minimum Gasteiger partial charge on any atom is -0.449 e. The van der Waals surface area contributed by atoms with E-state index in [1.807, 2.05) is 4.72 Å². The highest BCUT2D eigenvalue weighted by Crippen LogP contribution is 2.32. The van der Waals surface area contributed by atoms with E-state index in [1.165, 1.54) is 41.5 Å². The molecular formula is C20H26F3N3O6S. The number of carbonyl (C=O) groups excluding carboxylic acids is 2. The van der Waals surface area contributed by atoms with Gasteiger partial charge in [0.15, 0.2) is 5.75 Å². The molecule has 0 spiro atoms. The van der Waals surface area contributed by atoms with E-state index in [0.717, 1.165) is 18.6 Å². The number of rotatable bonds is 7. The van der Waals surface area contributed by atoms with Crippen molar-refractivity contribution in [1.82, 2.24) is 9.80 Å². The molecule has 33 heavy (non-hydrogen) atoms. The van der Waals surface area contributed by atoms with Crippen LogP contribution in [0.25, 0.3) is 0 Å². The Hall–Kier alpha value is -2.70. The van der Waals surface area contributed by atoms with Crippen LogP contribution in [0.15, 0.2) is 18.2 Å². The third kappa shape index (κ3) is 7.41. The first-order valence-electron chi connectivity index (χ1n) is 10.6. The molecule has 1 saturated carbocycles. The SMILES string of the molecule is O=C(OCCC1CCCC1)N1CCN(C(=O)c2ccc(N[SH](=O)=O)c(OC(F)(F)F)c2)CC1. The first-order valence-corrected chi connectivity index (χ1v) is 11.8. The molecule has 2 amide bonds. The van der Waals surface area contributed by atoms with Crippen molar-refractivity contribution in [3.8, 4) is 5.75 Å². The van der Waals surface area contributed by atoms with Gasteiger partial charge >= 0.3 is 12.5 Å². The van der Waals surface area contributed by atoms with Crippen LogP contribution in [0.3, 0.4) is 0 Å². The molecular weight excluding hydrogens is 467 g/mol. The van der Waals surface area contributed by atoms with E-state index in [9.17, 15) is 31.2 Å². The quantitative estimate of drug-likeness (QED) is 0.566. The lowest BCUT2D eigenvalue weighted by Gasteiger charge is -2.34. The number of piperazine rings is 1. The molecule has 1 aromatic carbocycles. The number of ether oxygens (including phenoxy) is 2. The Kier molecular flexibility index (Phi) is 8.27. The summed E-state index contributed by atoms with van der Waals surface area (Å²) in [6, 6.07) is 3.06. The number of amides is 2. The molecule has 0 bridgehead atoms. The Morgan fingerprint density at radius 2 is 1.70 bits per heavy atom. The standard InChI is InChI=1S/C20H26F3N3O6S/c21-20(22,23)32-17-13-15(5-6-16(17)24-33(29)30)18(27)25-8-10-26(11-9-25)19(28)31-12-7-14-3-1-2-4-14/h5-6,13-14,33H,1-4,7-12H2,(H,24,29,30). The van der Waals surface area contributed by atoms with Crippen molar-refractivity contribution in [2.24, 2.45) is 5.92 Å². The van der Waals surface area contributed by atoms with Crippen molar-refractivity contribution in [2.45, 2.75) is 38.5 Å². The fourth-order valence-corrected chi connectivity index (χ4v) is 4.41. The van der Waals surface area contributed by atoms with Crippen molar-refractivity contribution in [3.05, 3.63) is 23.8 Å². The molecule has 0 radical (unpaired) electrons. The van der Waals surface area contributed by atoms with E-state index in [4.69, 9.17) is 4.74 Å². The molecule has 0 unspecified atom stereocenters. The average Bonchev–Trinajstić information content (AvgIpc) is 3.27. The van der Waals surface area contributed by atoms with Gasteiger partial charge in [-0.3, -0.25) is 9.52 Å². The fraction of sp³-hybridized carbons (Fsp3) is 0.600. The van der Waals surface area contributed by atoms with Crippen LogP contribution in [0.1, 0.15) is 42.5 Å². The summed E-state index contributed by atoms with van der Waals surface area (Å²) in [4.78, 5) is 27.9. The third-order valence-electron chi connectivity index (χ3n) is 5.72. The van der Waals surface area contributed by atoms with E-state index >= 15 is 0 Å². The van der Waals surface area contributed by atoms with Crippen LogP contribution in [0, 0.1) is 5.92 Å². The van der Waals surface area contributed by atoms with Gasteiger partial charge in [-0.1, -0.05) is 25.7 Å². The highest BCUT2D eigenvalue weighted by molar-refractivity contribution is 7.73. The second kappa shape index (κ2) is 10.9. The van der Waals surface area contributed by atoms with Crippen LogP contribution >= 0.6 is 0 Å². The molecule has 13 heteroatoms. The highest BCUT2D eigenvalue weighted by Gasteiger charge is 2.33. The zero-order valence-electron chi connectivity index (χ0n) is 17.8. The zero-order valence-corrected chi connectivity index (χ0v) is 18.7. The molecule has 0 aromatic heterocycles. The van der Waals surface area contributed by atoms with Gasteiger partial charge in [0.2, 0.25) is 10.9 Å². The normalized spacial score (nSPS) is 17.3. The second-order valence-corrected chi connectivity index (χ2v) is 8.70. The van der Waals surface area contributed by atoms with Gasteiger partial charge in [-0.2, -0.15) is 0 Å². The molecule has 1 aliphatic carbocycles. The topological polar surface area (TPSA) is 105 Å². The summed E-state index contributed by atoms with van der Waals surface area (Å²) in [5.74, 6) is -0.791. The van der Waals surface area contributed by atoms with Gasteiger partial charge in [-0.15, -0.1) is 13.2 Å². The number of thiol groups is 1. The number of nitrogens with one attached hydrogen (secondary N) is 1. The Bertz CT molecular complexity index is 918. The molecule has 0 atom stereocenters. The number of hydrogen-bond donors (Lipinski definition) is 2. The number of anilines is 1. The fourth-order valence-electron chi connectivity index (χ4n) is 4.03. The number of nitrogens with zero attached hydrogens (tertiary/aromatic N) is 2. The summed E-state index contributed by atoms with van der Waals surface area (Å²) < 4.78 is 70.8. The smallest absolute Gasteiger partial charge is 0.449 e. The molecule has 3 rings (SSSR count). The Morgan fingerprint density at radius 3 is 2.30 bits per heavy atom. The number of alkyl halides is 3. The van der Waals surface area contributed by atoms with Crippen molar-refractivity contribution < 1.29 is 40.7 Å². The van der Waals surface area contributed by atoms with E-state index in [0.29, 0.717) is 12.5 Å². The van der Waals surface area contributed by atoms with Crippen molar-refractivity contribution in [3.63, 3.8) is 0 Å². The largest absolute Gasteiger partial charge is 0.573 e. The molecule has 9 nitrogen and oxygen atoms in total. The lowest BCUT2D eigenvalue weighted by atomic mass is 10.1. The van der Waals surface area contributed by atoms with Gasteiger partial charge in [0.25, 0.3) is 5.91 Å². The van der Waals surface area contributed by atoms with Crippen LogP contribution in [0.2, 0.25) is 0 Å². The minimum absolute atomic E-state index is 0.103. The predicted molar refractivity (Wildman–Crippen MR) is 112 cm³/mol. The van der Waals surface area contributed by atoms with Gasteiger partial charge in [0.05, 0.1) is 12.3 Å². The average molecular weight is 494 g/mol. The van der Waals surface area contributed by atoms with Crippen molar-refractivity contribution in [2.75, 3.05) is 37.5 Å². The molecule has 1 aromatic rings. The highest BCUT2D eigenvalue weighted by atomic mass is 32.2. The van der Waals surface area contributed by atoms with E-state index < -0.39 is 40.7 Å². The molecule has 1 N–H and O–H groups in total. The maximum atomic E-state index is 12.8. The van der Waals surface area contributed by atoms with Crippen LogP contribution in [-0.2, 0) is 15.6 Å². The van der Waals surface area contributed by atoms with Crippen molar-refractivity contribution >= 4 is 28.6 Å². The maximum Gasteiger partial charge on any atom is 0.573 e. The van der Waals surface area contributed by atoms with E-state index in [2.05, 4.69) is 4.74 Å². The predicted octanol–water partition coefficient (Wildman–Crippen LogP) is 3.00. The van der Waals surface area contributed by atoms with Crippen LogP contribution in [0.5, 0.6) is 5.75 Å². The molecule has 2 aliphatic rings. The first-order chi connectivity index (χ1) is 15.6. The number of halogens is 3. The molecule has 1 aliphatic heterocycles. The lowest BCUT2D eigenvalue weighted by Crippen LogP contribution is -2.50. The van der Waals surface area contributed by atoms with Gasteiger partial charge in [-0.05, 0) is 30.5 Å². The van der Waals surface area contributed by atoms with Crippen LogP contribution in [0.4, 0.5) is 23.7 Å². The molecule has 1 heterocycles. The molecule has 1 saturated heterocycles. The summed E-state index contributed by atoms with van der Waals surface area (Å²) in [7, 11) is -3.23. The Morgan fingerprint density at radius 1 is 1.06 bits per heavy atom. The second-order valence-electron chi connectivity index (χ2n) is 7.96. The zero-order chi connectivity index (χ0) is 24.0. The van der Waals surface area contributed by atoms with Gasteiger partial charge in [0, 0.05) is 31.7 Å². The molecule has 2 fully saturated rings. The Labute approximate surface area is 190 Å². The van der Waals surface area contributed by atoms with Crippen molar-refractivity contribution in [1.29, 1.82) is 0 Å². The first kappa shape index (κ1) is 24.9. The number of benzene rings is 1. The van der Waals surface area contributed by atoms with E-state index in [1.54, 1.807) is 0 Å². The summed E-state index contributed by atoms with van der Waals surface area (Å²) >= 11 is 0.